The molecule has 0 unspecified atom stereocenters. The molecule has 2 aromatic rings. The highest BCUT2D eigenvalue weighted by Crippen LogP contribution is 2.20. The minimum absolute atomic E-state index is 0.0107. The van der Waals surface area contributed by atoms with E-state index in [1.54, 1.807) is 19.1 Å². The van der Waals surface area contributed by atoms with E-state index in [-0.39, 0.29) is 11.3 Å². The van der Waals surface area contributed by atoms with Gasteiger partial charge in [-0.2, -0.15) is 0 Å². The third-order valence-electron chi connectivity index (χ3n) is 4.23. The van der Waals surface area contributed by atoms with Crippen LogP contribution in [0.5, 0.6) is 5.75 Å². The number of carbonyl (C=O) groups is 2. The van der Waals surface area contributed by atoms with Crippen LogP contribution >= 0.6 is 0 Å². The minimum Gasteiger partial charge on any atom is -0.508 e. The zero-order chi connectivity index (χ0) is 20.0. The molecule has 0 radical (unpaired) electrons. The number of amides is 1. The van der Waals surface area contributed by atoms with E-state index in [0.717, 1.165) is 12.2 Å². The van der Waals surface area contributed by atoms with Gasteiger partial charge in [-0.05, 0) is 69.7 Å². The van der Waals surface area contributed by atoms with Gasteiger partial charge in [-0.25, -0.2) is 4.79 Å². The van der Waals surface area contributed by atoms with Crippen LogP contribution in [-0.2, 0) is 9.53 Å². The Morgan fingerprint density at radius 2 is 1.81 bits per heavy atom. The zero-order valence-corrected chi connectivity index (χ0v) is 16.2. The van der Waals surface area contributed by atoms with Gasteiger partial charge >= 0.3 is 5.97 Å². The first-order valence-electron chi connectivity index (χ1n) is 8.95. The molecule has 0 bridgehead atoms. The molecule has 0 heterocycles. The van der Waals surface area contributed by atoms with E-state index in [1.165, 1.54) is 6.07 Å². The molecule has 0 saturated heterocycles. The van der Waals surface area contributed by atoms with Crippen molar-refractivity contribution < 1.29 is 19.4 Å². The monoisotopic (exact) mass is 370 g/mol. The molecule has 0 spiro atoms. The van der Waals surface area contributed by atoms with Crippen molar-refractivity contribution in [3.63, 3.8) is 0 Å². The number of phenols is 1. The summed E-state index contributed by atoms with van der Waals surface area (Å²) in [6.45, 7) is 8.57. The molecule has 1 amide bonds. The maximum absolute atomic E-state index is 12.0. The Morgan fingerprint density at radius 1 is 1.15 bits per heavy atom. The average Bonchev–Trinajstić information content (AvgIpc) is 2.63. The molecule has 6 heteroatoms. The van der Waals surface area contributed by atoms with E-state index < -0.39 is 18.5 Å². The third kappa shape index (κ3) is 5.48. The van der Waals surface area contributed by atoms with E-state index in [4.69, 9.17) is 4.74 Å². The van der Waals surface area contributed by atoms with Crippen LogP contribution in [0.4, 0.5) is 11.4 Å². The summed E-state index contributed by atoms with van der Waals surface area (Å²) in [6, 6.07) is 12.4. The molecule has 0 aliphatic heterocycles. The lowest BCUT2D eigenvalue weighted by molar-refractivity contribution is -0.119. The second-order valence-corrected chi connectivity index (χ2v) is 6.55. The minimum atomic E-state index is -0.661. The molecule has 2 aromatic carbocycles. The van der Waals surface area contributed by atoms with E-state index in [2.05, 4.69) is 31.0 Å². The summed E-state index contributed by atoms with van der Waals surface area (Å²) >= 11 is 0. The van der Waals surface area contributed by atoms with Crippen LogP contribution in [0.1, 0.15) is 36.7 Å². The number of phenolic OH excluding ortho intramolecular Hbond substituents is 1. The lowest BCUT2D eigenvalue weighted by Crippen LogP contribution is -2.30. The van der Waals surface area contributed by atoms with E-state index in [1.807, 2.05) is 24.3 Å². The predicted octanol–water partition coefficient (Wildman–Crippen LogP) is 3.73. The van der Waals surface area contributed by atoms with Gasteiger partial charge in [0.1, 0.15) is 5.75 Å². The number of nitrogens with one attached hydrogen (secondary N) is 1. The number of aryl methyl sites for hydroxylation is 1. The molecule has 2 N–H and O–H groups in total. The van der Waals surface area contributed by atoms with Gasteiger partial charge < -0.3 is 20.1 Å². The summed E-state index contributed by atoms with van der Waals surface area (Å²) in [5.41, 5.74) is 2.57. The Morgan fingerprint density at radius 3 is 2.37 bits per heavy atom. The first-order valence-corrected chi connectivity index (χ1v) is 8.95. The molecule has 0 aliphatic carbocycles. The number of anilines is 2. The Hall–Kier alpha value is -3.02. The third-order valence-corrected chi connectivity index (χ3v) is 4.23. The summed E-state index contributed by atoms with van der Waals surface area (Å²) in [7, 11) is 0. The standard InChI is InChI=1S/C21H26N2O4/c1-5-23(14(2)3)18-10-8-17(9-11-18)22-20(25)13-27-21(26)16-7-6-15(4)19(24)12-16/h6-12,14,24H,5,13H2,1-4H3,(H,22,25). The van der Waals surface area contributed by atoms with E-state index in [9.17, 15) is 14.7 Å². The Labute approximate surface area is 159 Å². The molecule has 0 aromatic heterocycles. The first-order chi connectivity index (χ1) is 12.8. The topological polar surface area (TPSA) is 78.9 Å². The highest BCUT2D eigenvalue weighted by atomic mass is 16.5. The fraction of sp³-hybridized carbons (Fsp3) is 0.333. The lowest BCUT2D eigenvalue weighted by Gasteiger charge is -2.27. The number of esters is 1. The van der Waals surface area contributed by atoms with Crippen LogP contribution in [0.2, 0.25) is 0 Å². The Bertz CT molecular complexity index is 800. The van der Waals surface area contributed by atoms with Crippen molar-refractivity contribution in [1.82, 2.24) is 0 Å². The first kappa shape index (κ1) is 20.3. The van der Waals surface area contributed by atoms with Gasteiger partial charge in [0.2, 0.25) is 0 Å². The van der Waals surface area contributed by atoms with Gasteiger partial charge in [0.25, 0.3) is 5.91 Å². The molecule has 0 saturated carbocycles. The smallest absolute Gasteiger partial charge is 0.338 e. The number of hydrogen-bond acceptors (Lipinski definition) is 5. The van der Waals surface area contributed by atoms with Crippen LogP contribution in [-0.4, -0.2) is 36.2 Å². The predicted molar refractivity (Wildman–Crippen MR) is 106 cm³/mol. The normalized spacial score (nSPS) is 10.6. The van der Waals surface area contributed by atoms with Gasteiger partial charge in [-0.3, -0.25) is 4.79 Å². The molecular weight excluding hydrogens is 344 g/mol. The van der Waals surface area contributed by atoms with Crippen molar-refractivity contribution >= 4 is 23.3 Å². The van der Waals surface area contributed by atoms with Crippen molar-refractivity contribution in [1.29, 1.82) is 0 Å². The highest BCUT2D eigenvalue weighted by molar-refractivity contribution is 5.95. The summed E-state index contributed by atoms with van der Waals surface area (Å²) < 4.78 is 5.00. The lowest BCUT2D eigenvalue weighted by atomic mass is 10.1. The second-order valence-electron chi connectivity index (χ2n) is 6.55. The second kappa shape index (κ2) is 9.07. The van der Waals surface area contributed by atoms with Gasteiger partial charge in [-0.15, -0.1) is 0 Å². The number of carbonyl (C=O) groups excluding carboxylic acids is 2. The fourth-order valence-electron chi connectivity index (χ4n) is 2.73. The average molecular weight is 370 g/mol. The molecule has 0 fully saturated rings. The van der Waals surface area contributed by atoms with Crippen LogP contribution < -0.4 is 10.2 Å². The van der Waals surface area contributed by atoms with Crippen LogP contribution in [0.25, 0.3) is 0 Å². The van der Waals surface area contributed by atoms with Crippen molar-refractivity contribution in [3.05, 3.63) is 53.6 Å². The Balaban J connectivity index is 1.90. The van der Waals surface area contributed by atoms with Crippen LogP contribution in [0.15, 0.2) is 42.5 Å². The van der Waals surface area contributed by atoms with Crippen molar-refractivity contribution in [2.24, 2.45) is 0 Å². The van der Waals surface area contributed by atoms with Crippen LogP contribution in [0, 0.1) is 6.92 Å². The van der Waals surface area contributed by atoms with E-state index >= 15 is 0 Å². The molecule has 27 heavy (non-hydrogen) atoms. The number of benzene rings is 2. The largest absolute Gasteiger partial charge is 0.508 e. The zero-order valence-electron chi connectivity index (χ0n) is 16.2. The number of aromatic hydroxyl groups is 1. The molecular formula is C21H26N2O4. The fourth-order valence-corrected chi connectivity index (χ4v) is 2.73. The number of ether oxygens (including phenoxy) is 1. The van der Waals surface area contributed by atoms with Gasteiger partial charge in [0, 0.05) is 24.0 Å². The van der Waals surface area contributed by atoms with E-state index in [0.29, 0.717) is 17.3 Å². The van der Waals surface area contributed by atoms with Crippen molar-refractivity contribution in [2.75, 3.05) is 23.4 Å². The van der Waals surface area contributed by atoms with Gasteiger partial charge in [-0.1, -0.05) is 6.07 Å². The van der Waals surface area contributed by atoms with Crippen molar-refractivity contribution in [2.45, 2.75) is 33.7 Å². The quantitative estimate of drug-likeness (QED) is 0.726. The SMILES string of the molecule is CCN(c1ccc(NC(=O)COC(=O)c2ccc(C)c(O)c2)cc1)C(C)C. The molecule has 144 valence electrons. The summed E-state index contributed by atoms with van der Waals surface area (Å²) in [5, 5.41) is 12.3. The van der Waals surface area contributed by atoms with Crippen molar-refractivity contribution in [3.8, 4) is 5.75 Å². The summed E-state index contributed by atoms with van der Waals surface area (Å²) in [5.74, 6) is -1.08. The van der Waals surface area contributed by atoms with Gasteiger partial charge in [0.05, 0.1) is 5.56 Å². The number of rotatable bonds is 7. The molecule has 6 nitrogen and oxygen atoms in total. The molecule has 2 rings (SSSR count). The van der Waals surface area contributed by atoms with Gasteiger partial charge in [0.15, 0.2) is 6.61 Å². The maximum Gasteiger partial charge on any atom is 0.338 e. The molecule has 0 atom stereocenters. The molecule has 0 aliphatic rings. The summed E-state index contributed by atoms with van der Waals surface area (Å²) in [6.07, 6.45) is 0. The maximum atomic E-state index is 12.0. The number of nitrogens with zero attached hydrogens (tertiary/aromatic N) is 1. The summed E-state index contributed by atoms with van der Waals surface area (Å²) in [4.78, 5) is 26.2. The Kier molecular flexibility index (Phi) is 6.82. The highest BCUT2D eigenvalue weighted by Gasteiger charge is 2.12. The van der Waals surface area contributed by atoms with Crippen LogP contribution in [0.3, 0.4) is 0 Å². The number of hydrogen-bond donors (Lipinski definition) is 2.